The van der Waals surface area contributed by atoms with E-state index in [0.717, 1.165) is 60.4 Å². The van der Waals surface area contributed by atoms with Crippen LogP contribution >= 0.6 is 0 Å². The van der Waals surface area contributed by atoms with Gasteiger partial charge in [-0.2, -0.15) is 0 Å². The molecule has 0 aliphatic carbocycles. The Balaban J connectivity index is 1.30. The number of rotatable bonds is 3. The number of aromatic nitrogens is 5. The van der Waals surface area contributed by atoms with Crippen molar-refractivity contribution < 1.29 is 4.79 Å². The van der Waals surface area contributed by atoms with Gasteiger partial charge >= 0.3 is 0 Å². The molecule has 0 bridgehead atoms. The number of nitrogens with zero attached hydrogens (tertiary/aromatic N) is 5. The summed E-state index contributed by atoms with van der Waals surface area (Å²) in [5, 5.41) is 8.30. The number of aryl methyl sites for hydroxylation is 1. The van der Waals surface area contributed by atoms with Crippen molar-refractivity contribution in [2.75, 3.05) is 13.1 Å². The summed E-state index contributed by atoms with van der Waals surface area (Å²) in [6, 6.07) is 13.8. The second-order valence-electron chi connectivity index (χ2n) is 7.31. The number of amides is 1. The molecule has 1 saturated heterocycles. The molecule has 1 aliphatic rings. The number of likely N-dealkylation sites (tertiary alicyclic amines) is 1. The van der Waals surface area contributed by atoms with Crippen LogP contribution in [0.5, 0.6) is 0 Å². The van der Waals surface area contributed by atoms with Crippen LogP contribution in [0.25, 0.3) is 22.1 Å². The molecule has 1 amide bonds. The Morgan fingerprint density at radius 1 is 1.14 bits per heavy atom. The number of piperidine rings is 1. The third kappa shape index (κ3) is 2.83. The molecule has 2 aromatic heterocycles. The zero-order valence-corrected chi connectivity index (χ0v) is 15.8. The summed E-state index contributed by atoms with van der Waals surface area (Å²) < 4.78 is 1.84. The maximum Gasteiger partial charge on any atom is 0.253 e. The first-order valence-electron chi connectivity index (χ1n) is 9.80. The van der Waals surface area contributed by atoms with E-state index >= 15 is 0 Å². The minimum atomic E-state index is 0.0657. The van der Waals surface area contributed by atoms with Crippen LogP contribution in [-0.4, -0.2) is 48.9 Å². The molecule has 0 saturated carbocycles. The average Bonchev–Trinajstić information content (AvgIpc) is 3.36. The lowest BCUT2D eigenvalue weighted by Gasteiger charge is -2.31. The van der Waals surface area contributed by atoms with E-state index in [4.69, 9.17) is 4.98 Å². The van der Waals surface area contributed by atoms with E-state index in [-0.39, 0.29) is 5.91 Å². The number of carbonyl (C=O) groups is 1. The predicted molar refractivity (Wildman–Crippen MR) is 107 cm³/mol. The number of para-hydroxylation sites is 2. The van der Waals surface area contributed by atoms with Crippen LogP contribution in [0.2, 0.25) is 0 Å². The third-order valence-electron chi connectivity index (χ3n) is 5.64. The largest absolute Gasteiger partial charge is 0.342 e. The Bertz CT molecular complexity index is 1120. The standard InChI is InChI=1S/C21H22N6O/c1-2-27-19-8-7-15(13-18(19)24-25-27)21(28)26-11-9-14(10-12-26)20-22-16-5-3-4-6-17(16)23-20/h3-8,13-14H,2,9-12H2,1H3,(H,22,23). The lowest BCUT2D eigenvalue weighted by atomic mass is 9.95. The Hall–Kier alpha value is -3.22. The van der Waals surface area contributed by atoms with E-state index in [9.17, 15) is 4.79 Å². The molecule has 0 radical (unpaired) electrons. The molecule has 5 rings (SSSR count). The van der Waals surface area contributed by atoms with Gasteiger partial charge in [0.15, 0.2) is 0 Å². The number of nitrogens with one attached hydrogen (secondary N) is 1. The normalized spacial score (nSPS) is 15.5. The zero-order chi connectivity index (χ0) is 19.1. The second kappa shape index (κ2) is 6.74. The molecule has 2 aromatic carbocycles. The highest BCUT2D eigenvalue weighted by molar-refractivity contribution is 5.97. The molecule has 4 aromatic rings. The van der Waals surface area contributed by atoms with Crippen LogP contribution in [0.3, 0.4) is 0 Å². The van der Waals surface area contributed by atoms with Crippen molar-refractivity contribution in [1.82, 2.24) is 29.9 Å². The number of carbonyl (C=O) groups excluding carboxylic acids is 1. The van der Waals surface area contributed by atoms with Crippen molar-refractivity contribution >= 4 is 28.0 Å². The summed E-state index contributed by atoms with van der Waals surface area (Å²) in [4.78, 5) is 23.1. The summed E-state index contributed by atoms with van der Waals surface area (Å²) in [5.74, 6) is 1.46. The lowest BCUT2D eigenvalue weighted by Crippen LogP contribution is -2.38. The smallest absolute Gasteiger partial charge is 0.253 e. The molecular weight excluding hydrogens is 352 g/mol. The van der Waals surface area contributed by atoms with Gasteiger partial charge < -0.3 is 9.88 Å². The van der Waals surface area contributed by atoms with Gasteiger partial charge in [-0.25, -0.2) is 9.67 Å². The molecule has 7 heteroatoms. The van der Waals surface area contributed by atoms with E-state index in [2.05, 4.69) is 21.4 Å². The number of aromatic amines is 1. The first kappa shape index (κ1) is 16.9. The number of hydrogen-bond acceptors (Lipinski definition) is 4. The second-order valence-corrected chi connectivity index (χ2v) is 7.31. The molecule has 1 aliphatic heterocycles. The Morgan fingerprint density at radius 3 is 2.75 bits per heavy atom. The molecule has 3 heterocycles. The summed E-state index contributed by atoms with van der Waals surface area (Å²) >= 11 is 0. The van der Waals surface area contributed by atoms with Crippen molar-refractivity contribution in [3.8, 4) is 0 Å². The fourth-order valence-corrected chi connectivity index (χ4v) is 4.04. The van der Waals surface area contributed by atoms with Gasteiger partial charge in [-0.15, -0.1) is 5.10 Å². The van der Waals surface area contributed by atoms with E-state index < -0.39 is 0 Å². The Labute approximate surface area is 162 Å². The van der Waals surface area contributed by atoms with E-state index in [1.807, 2.05) is 52.9 Å². The molecular formula is C21H22N6O. The van der Waals surface area contributed by atoms with Crippen LogP contribution in [0, 0.1) is 0 Å². The molecule has 142 valence electrons. The third-order valence-corrected chi connectivity index (χ3v) is 5.64. The molecule has 0 spiro atoms. The van der Waals surface area contributed by atoms with Gasteiger partial charge in [-0.1, -0.05) is 17.3 Å². The van der Waals surface area contributed by atoms with Gasteiger partial charge in [0.2, 0.25) is 0 Å². The molecule has 1 N–H and O–H groups in total. The van der Waals surface area contributed by atoms with E-state index in [1.54, 1.807) is 0 Å². The van der Waals surface area contributed by atoms with Crippen molar-refractivity contribution in [2.24, 2.45) is 0 Å². The number of H-pyrrole nitrogens is 1. The summed E-state index contributed by atoms with van der Waals surface area (Å²) in [7, 11) is 0. The van der Waals surface area contributed by atoms with Crippen LogP contribution in [0.1, 0.15) is 41.9 Å². The summed E-state index contributed by atoms with van der Waals surface area (Å²) in [5.41, 5.74) is 4.49. The van der Waals surface area contributed by atoms with Crippen LogP contribution in [0.4, 0.5) is 0 Å². The number of benzene rings is 2. The fraction of sp³-hybridized carbons (Fsp3) is 0.333. The molecule has 1 fully saturated rings. The van der Waals surface area contributed by atoms with E-state index in [0.29, 0.717) is 11.5 Å². The Morgan fingerprint density at radius 2 is 1.96 bits per heavy atom. The fourth-order valence-electron chi connectivity index (χ4n) is 4.04. The van der Waals surface area contributed by atoms with Gasteiger partial charge in [-0.3, -0.25) is 4.79 Å². The van der Waals surface area contributed by atoms with Gasteiger partial charge in [0.1, 0.15) is 11.3 Å². The van der Waals surface area contributed by atoms with Gasteiger partial charge in [0, 0.05) is 31.1 Å². The highest BCUT2D eigenvalue weighted by Gasteiger charge is 2.26. The molecule has 0 unspecified atom stereocenters. The van der Waals surface area contributed by atoms with E-state index in [1.165, 1.54) is 0 Å². The van der Waals surface area contributed by atoms with Crippen molar-refractivity contribution in [1.29, 1.82) is 0 Å². The van der Waals surface area contributed by atoms with Crippen LogP contribution in [-0.2, 0) is 6.54 Å². The first-order valence-corrected chi connectivity index (χ1v) is 9.80. The minimum absolute atomic E-state index is 0.0657. The lowest BCUT2D eigenvalue weighted by molar-refractivity contribution is 0.0711. The molecule has 0 atom stereocenters. The topological polar surface area (TPSA) is 79.7 Å². The Kier molecular flexibility index (Phi) is 4.07. The van der Waals surface area contributed by atoms with Crippen molar-refractivity contribution in [3.05, 3.63) is 53.9 Å². The monoisotopic (exact) mass is 374 g/mol. The highest BCUT2D eigenvalue weighted by Crippen LogP contribution is 2.28. The van der Waals surface area contributed by atoms with Crippen molar-refractivity contribution in [2.45, 2.75) is 32.2 Å². The first-order chi connectivity index (χ1) is 13.7. The maximum absolute atomic E-state index is 13.0. The van der Waals surface area contributed by atoms with Crippen molar-refractivity contribution in [3.63, 3.8) is 0 Å². The predicted octanol–water partition coefficient (Wildman–Crippen LogP) is 3.35. The molecule has 7 nitrogen and oxygen atoms in total. The minimum Gasteiger partial charge on any atom is -0.342 e. The van der Waals surface area contributed by atoms with Gasteiger partial charge in [-0.05, 0) is 50.1 Å². The summed E-state index contributed by atoms with van der Waals surface area (Å²) in [6.45, 7) is 4.26. The highest BCUT2D eigenvalue weighted by atomic mass is 16.2. The van der Waals surface area contributed by atoms with Gasteiger partial charge in [0.05, 0.1) is 16.6 Å². The van der Waals surface area contributed by atoms with Crippen LogP contribution < -0.4 is 0 Å². The maximum atomic E-state index is 13.0. The molecule has 28 heavy (non-hydrogen) atoms. The number of fused-ring (bicyclic) bond motifs is 2. The summed E-state index contributed by atoms with van der Waals surface area (Å²) in [6.07, 6.45) is 1.83. The number of imidazole rings is 1. The number of hydrogen-bond donors (Lipinski definition) is 1. The quantitative estimate of drug-likeness (QED) is 0.596. The van der Waals surface area contributed by atoms with Gasteiger partial charge in [0.25, 0.3) is 5.91 Å². The SMILES string of the molecule is CCn1nnc2cc(C(=O)N3CCC(c4nc5ccccc5[nH]4)CC3)ccc21. The zero-order valence-electron chi connectivity index (χ0n) is 15.8. The van der Waals surface area contributed by atoms with Crippen LogP contribution in [0.15, 0.2) is 42.5 Å². The average molecular weight is 374 g/mol.